The van der Waals surface area contributed by atoms with Crippen LogP contribution in [0.3, 0.4) is 0 Å². The van der Waals surface area contributed by atoms with Crippen molar-refractivity contribution in [2.75, 3.05) is 22.7 Å². The molecule has 0 fully saturated rings. The molecule has 0 unspecified atom stereocenters. The maximum atomic E-state index is 2.37. The fraction of sp³-hybridized carbons (Fsp3) is 0.333. The minimum Gasteiger partial charge on any atom is -0.399 e. The zero-order valence-corrected chi connectivity index (χ0v) is 25.8. The van der Waals surface area contributed by atoms with Crippen molar-refractivity contribution < 1.29 is 0 Å². The fourth-order valence-corrected chi connectivity index (χ4v) is 3.70. The topological polar surface area (TPSA) is 6.48 Å². The van der Waals surface area contributed by atoms with E-state index in [-0.39, 0.29) is 0 Å². The molecule has 0 amide bonds. The Balaban J connectivity index is 0.00000166. The second kappa shape index (κ2) is 24.9. The smallest absolute Gasteiger partial charge is 0.391 e. The number of para-hydroxylation sites is 2. The van der Waals surface area contributed by atoms with Crippen LogP contribution in [0.4, 0.5) is 11.4 Å². The first kappa shape index (κ1) is 35.5. The molecule has 209 valence electrons. The molecule has 39 heavy (non-hydrogen) atoms. The van der Waals surface area contributed by atoms with E-state index < -0.39 is 0 Å². The minimum atomic E-state index is 0.919. The van der Waals surface area contributed by atoms with Crippen molar-refractivity contribution in [3.05, 3.63) is 132 Å². The molecule has 0 aliphatic rings. The Morgan fingerprint density at radius 3 is 0.923 bits per heavy atom. The van der Waals surface area contributed by atoms with Crippen molar-refractivity contribution in [3.63, 3.8) is 0 Å². The van der Waals surface area contributed by atoms with E-state index in [1.54, 1.807) is 0 Å². The Morgan fingerprint density at radius 2 is 0.641 bits per heavy atom. The quantitative estimate of drug-likeness (QED) is 0.191. The van der Waals surface area contributed by atoms with Gasteiger partial charge in [0.1, 0.15) is 0 Å². The summed E-state index contributed by atoms with van der Waals surface area (Å²) in [6.45, 7) is 17.8. The third-order valence-corrected chi connectivity index (χ3v) is 5.42. The molecular weight excluding hydrogens is 471 g/mol. The molecular formula is C36H52BN2. The molecule has 0 aromatic heterocycles. The van der Waals surface area contributed by atoms with E-state index in [2.05, 4.69) is 138 Å². The number of benzene rings is 4. The van der Waals surface area contributed by atoms with Crippen LogP contribution in [0, 0.1) is 0 Å². The van der Waals surface area contributed by atoms with Gasteiger partial charge >= 0.3 is 7.55 Å². The Hall–Kier alpha value is -3.46. The molecule has 0 N–H and O–H groups in total. The summed E-state index contributed by atoms with van der Waals surface area (Å²) in [4.78, 5) is 4.73. The van der Waals surface area contributed by atoms with E-state index in [0.717, 1.165) is 25.9 Å². The predicted octanol–water partition coefficient (Wildman–Crippen LogP) is 10.1. The largest absolute Gasteiger partial charge is 0.399 e. The molecule has 4 aromatic carbocycles. The standard InChI is InChI=1S/C28H28BN2.4C2H6/c1-5-13-25(14-6-1)21-23-30(27-17-9-3-10-18-27)29-31(28-19-11-4-12-20-28)24-22-26-15-7-2-8-16-26;4*1-2/h1-20H,21-24H2;4*1-2H3. The lowest BCUT2D eigenvalue weighted by molar-refractivity contribution is 0.910. The van der Waals surface area contributed by atoms with Crippen LogP contribution in [0.1, 0.15) is 66.5 Å². The lowest BCUT2D eigenvalue weighted by atomic mass is 9.97. The number of hydrogen-bond acceptors (Lipinski definition) is 2. The molecule has 0 saturated heterocycles. The molecule has 0 bridgehead atoms. The van der Waals surface area contributed by atoms with E-state index in [0.29, 0.717) is 0 Å². The first-order valence-corrected chi connectivity index (χ1v) is 14.9. The molecule has 1 radical (unpaired) electrons. The van der Waals surface area contributed by atoms with Gasteiger partial charge < -0.3 is 9.62 Å². The molecule has 3 heteroatoms. The van der Waals surface area contributed by atoms with Crippen molar-refractivity contribution in [1.82, 2.24) is 0 Å². The van der Waals surface area contributed by atoms with Crippen molar-refractivity contribution in [2.45, 2.75) is 68.2 Å². The van der Waals surface area contributed by atoms with Crippen LogP contribution in [-0.4, -0.2) is 20.6 Å². The van der Waals surface area contributed by atoms with Crippen LogP contribution in [-0.2, 0) is 12.8 Å². The van der Waals surface area contributed by atoms with Crippen molar-refractivity contribution >= 4 is 18.9 Å². The van der Waals surface area contributed by atoms with Gasteiger partial charge in [0.2, 0.25) is 0 Å². The predicted molar refractivity (Wildman–Crippen MR) is 179 cm³/mol. The van der Waals surface area contributed by atoms with Gasteiger partial charge in [0, 0.05) is 24.5 Å². The average molecular weight is 524 g/mol. The highest BCUT2D eigenvalue weighted by Gasteiger charge is 2.17. The van der Waals surface area contributed by atoms with Gasteiger partial charge in [-0.05, 0) is 48.2 Å². The molecule has 4 aromatic rings. The van der Waals surface area contributed by atoms with Crippen LogP contribution in [0.25, 0.3) is 0 Å². The van der Waals surface area contributed by atoms with Gasteiger partial charge in [-0.3, -0.25) is 0 Å². The molecule has 2 nitrogen and oxygen atoms in total. The van der Waals surface area contributed by atoms with Gasteiger partial charge in [-0.2, -0.15) is 0 Å². The van der Waals surface area contributed by atoms with Gasteiger partial charge in [0.05, 0.1) is 0 Å². The van der Waals surface area contributed by atoms with E-state index in [9.17, 15) is 0 Å². The summed E-state index contributed by atoms with van der Waals surface area (Å²) in [6.07, 6.45) is 1.99. The van der Waals surface area contributed by atoms with E-state index >= 15 is 0 Å². The van der Waals surface area contributed by atoms with Crippen LogP contribution in [0.2, 0.25) is 0 Å². The minimum absolute atomic E-state index is 0.919. The van der Waals surface area contributed by atoms with Gasteiger partial charge in [0.15, 0.2) is 0 Å². The summed E-state index contributed by atoms with van der Waals surface area (Å²) in [5.74, 6) is 0. The summed E-state index contributed by atoms with van der Waals surface area (Å²) >= 11 is 0. The summed E-state index contributed by atoms with van der Waals surface area (Å²) in [5.41, 5.74) is 5.12. The maximum absolute atomic E-state index is 2.37. The summed E-state index contributed by atoms with van der Waals surface area (Å²) in [5, 5.41) is 0. The highest BCUT2D eigenvalue weighted by atomic mass is 15.2. The fourth-order valence-electron chi connectivity index (χ4n) is 3.70. The number of nitrogens with zero attached hydrogens (tertiary/aromatic N) is 2. The van der Waals surface area contributed by atoms with Crippen LogP contribution in [0.15, 0.2) is 121 Å². The van der Waals surface area contributed by atoms with Crippen molar-refractivity contribution in [3.8, 4) is 0 Å². The molecule has 0 aliphatic carbocycles. The van der Waals surface area contributed by atoms with Gasteiger partial charge in [-0.15, -0.1) is 0 Å². The molecule has 0 heterocycles. The highest BCUT2D eigenvalue weighted by Crippen LogP contribution is 2.19. The van der Waals surface area contributed by atoms with Crippen molar-refractivity contribution in [2.24, 2.45) is 0 Å². The van der Waals surface area contributed by atoms with Gasteiger partial charge in [-0.25, -0.2) is 0 Å². The SMILES string of the molecule is CC.CC.CC.CC.[B](N(CCc1ccccc1)c1ccccc1)N(CCc1ccccc1)c1ccccc1. The Bertz CT molecular complexity index is 924. The molecule has 0 atom stereocenters. The third kappa shape index (κ3) is 14.3. The molecule has 0 aliphatic heterocycles. The van der Waals surface area contributed by atoms with Gasteiger partial charge in [-0.1, -0.05) is 152 Å². The first-order chi connectivity index (χ1) is 19.4. The van der Waals surface area contributed by atoms with Crippen LogP contribution in [0.5, 0.6) is 0 Å². The first-order valence-electron chi connectivity index (χ1n) is 14.9. The Kier molecular flexibility index (Phi) is 22.7. The molecule has 4 rings (SSSR count). The third-order valence-electron chi connectivity index (χ3n) is 5.42. The number of anilines is 2. The number of hydrogen-bond donors (Lipinski definition) is 0. The Morgan fingerprint density at radius 1 is 0.385 bits per heavy atom. The molecule has 0 spiro atoms. The lowest BCUT2D eigenvalue weighted by Crippen LogP contribution is -2.44. The average Bonchev–Trinajstić information content (AvgIpc) is 3.06. The van der Waals surface area contributed by atoms with E-state index in [4.69, 9.17) is 0 Å². The van der Waals surface area contributed by atoms with Crippen molar-refractivity contribution in [1.29, 1.82) is 0 Å². The van der Waals surface area contributed by atoms with E-state index in [1.807, 2.05) is 55.4 Å². The lowest BCUT2D eigenvalue weighted by Gasteiger charge is -2.32. The zero-order valence-electron chi connectivity index (χ0n) is 25.8. The second-order valence-corrected chi connectivity index (χ2v) is 7.64. The zero-order chi connectivity index (χ0) is 29.1. The highest BCUT2D eigenvalue weighted by molar-refractivity contribution is 6.46. The van der Waals surface area contributed by atoms with Gasteiger partial charge in [0.25, 0.3) is 0 Å². The summed E-state index contributed by atoms with van der Waals surface area (Å²) in [7, 11) is 2.27. The normalized spacial score (nSPS) is 8.92. The van der Waals surface area contributed by atoms with Crippen LogP contribution >= 0.6 is 0 Å². The van der Waals surface area contributed by atoms with Crippen LogP contribution < -0.4 is 9.62 Å². The summed E-state index contributed by atoms with van der Waals surface area (Å²) < 4.78 is 0. The maximum Gasteiger partial charge on any atom is 0.391 e. The second-order valence-electron chi connectivity index (χ2n) is 7.64. The molecule has 0 saturated carbocycles. The Labute approximate surface area is 242 Å². The van der Waals surface area contributed by atoms with E-state index in [1.165, 1.54) is 22.5 Å². The monoisotopic (exact) mass is 523 g/mol. The summed E-state index contributed by atoms with van der Waals surface area (Å²) in [6, 6.07) is 42.7. The number of rotatable bonds is 10.